The fraction of sp³-hybridized carbons (Fsp3) is 0.469. The highest BCUT2D eigenvalue weighted by Crippen LogP contribution is 2.28. The van der Waals surface area contributed by atoms with E-state index in [4.69, 9.17) is 14.6 Å². The summed E-state index contributed by atoms with van der Waals surface area (Å²) in [6.45, 7) is 9.82. The molecule has 0 aliphatic carbocycles. The SMILES string of the molecule is O=C(O)C(F)(F)F.c1cc(CN2CCN(c3cccc4ccccc34)CC2)cc(OCCCN2CCCCCC2)c1. The Hall–Kier alpha value is -3.30. The monoisotopic (exact) mass is 571 g/mol. The maximum absolute atomic E-state index is 10.6. The summed E-state index contributed by atoms with van der Waals surface area (Å²) >= 11 is 0. The molecule has 2 aliphatic rings. The predicted molar refractivity (Wildman–Crippen MR) is 157 cm³/mol. The minimum absolute atomic E-state index is 0.809. The van der Waals surface area contributed by atoms with E-state index < -0.39 is 12.1 Å². The summed E-state index contributed by atoms with van der Waals surface area (Å²) in [4.78, 5) is 16.6. The van der Waals surface area contributed by atoms with Crippen LogP contribution in [0.15, 0.2) is 66.7 Å². The molecule has 2 fully saturated rings. The topological polar surface area (TPSA) is 56.3 Å². The molecule has 9 heteroatoms. The molecule has 0 aromatic heterocycles. The molecule has 0 amide bonds. The van der Waals surface area contributed by atoms with E-state index in [9.17, 15) is 13.2 Å². The van der Waals surface area contributed by atoms with Gasteiger partial charge in [0.1, 0.15) is 5.75 Å². The highest BCUT2D eigenvalue weighted by molar-refractivity contribution is 5.94. The number of nitrogens with zero attached hydrogens (tertiary/aromatic N) is 3. The first-order chi connectivity index (χ1) is 19.8. The molecule has 2 aliphatic heterocycles. The van der Waals surface area contributed by atoms with Crippen molar-refractivity contribution in [2.45, 2.75) is 44.8 Å². The summed E-state index contributed by atoms with van der Waals surface area (Å²) in [5.74, 6) is -1.74. The van der Waals surface area contributed by atoms with Crippen LogP contribution in [0.2, 0.25) is 0 Å². The fourth-order valence-corrected chi connectivity index (χ4v) is 5.46. The second-order valence-electron chi connectivity index (χ2n) is 10.7. The molecule has 0 saturated carbocycles. The van der Waals surface area contributed by atoms with E-state index in [-0.39, 0.29) is 0 Å². The van der Waals surface area contributed by atoms with E-state index in [1.807, 2.05) is 0 Å². The second-order valence-corrected chi connectivity index (χ2v) is 10.7. The zero-order chi connectivity index (χ0) is 29.1. The largest absolute Gasteiger partial charge is 0.494 e. The lowest BCUT2D eigenvalue weighted by molar-refractivity contribution is -0.192. The lowest BCUT2D eigenvalue weighted by Crippen LogP contribution is -2.46. The molecule has 222 valence electrons. The van der Waals surface area contributed by atoms with Crippen molar-refractivity contribution in [3.63, 3.8) is 0 Å². The van der Waals surface area contributed by atoms with Crippen LogP contribution in [0.5, 0.6) is 5.75 Å². The third-order valence-corrected chi connectivity index (χ3v) is 7.61. The van der Waals surface area contributed by atoms with Crippen molar-refractivity contribution in [3.8, 4) is 5.75 Å². The van der Waals surface area contributed by atoms with Crippen LogP contribution >= 0.6 is 0 Å². The number of hydrogen-bond donors (Lipinski definition) is 1. The molecular formula is C32H40F3N3O3. The van der Waals surface area contributed by atoms with E-state index in [0.717, 1.165) is 51.5 Å². The summed E-state index contributed by atoms with van der Waals surface area (Å²) in [7, 11) is 0. The van der Waals surface area contributed by atoms with Gasteiger partial charge in [-0.3, -0.25) is 4.90 Å². The van der Waals surface area contributed by atoms with Crippen LogP contribution in [0.3, 0.4) is 0 Å². The molecule has 2 heterocycles. The summed E-state index contributed by atoms with van der Waals surface area (Å²) in [6.07, 6.45) is 1.55. The smallest absolute Gasteiger partial charge is 0.490 e. The van der Waals surface area contributed by atoms with Crippen molar-refractivity contribution in [2.24, 2.45) is 0 Å². The van der Waals surface area contributed by atoms with Gasteiger partial charge < -0.3 is 19.6 Å². The Labute approximate surface area is 240 Å². The van der Waals surface area contributed by atoms with Crippen LogP contribution in [0.4, 0.5) is 18.9 Å². The fourth-order valence-electron chi connectivity index (χ4n) is 5.46. The number of hydrogen-bond acceptors (Lipinski definition) is 5. The molecule has 3 aromatic rings. The van der Waals surface area contributed by atoms with Crippen LogP contribution in [0, 0.1) is 0 Å². The minimum atomic E-state index is -5.08. The number of rotatable bonds is 8. The quantitative estimate of drug-likeness (QED) is 0.314. The van der Waals surface area contributed by atoms with Gasteiger partial charge in [-0.15, -0.1) is 0 Å². The Balaban J connectivity index is 0.000000493. The molecule has 0 spiro atoms. The number of likely N-dealkylation sites (tertiary alicyclic amines) is 1. The number of carboxylic acid groups (broad SMARTS) is 1. The van der Waals surface area contributed by atoms with E-state index in [1.54, 1.807) is 0 Å². The van der Waals surface area contributed by atoms with Crippen molar-refractivity contribution in [1.82, 2.24) is 9.80 Å². The van der Waals surface area contributed by atoms with Gasteiger partial charge in [0, 0.05) is 50.3 Å². The number of anilines is 1. The van der Waals surface area contributed by atoms with Crippen molar-refractivity contribution in [1.29, 1.82) is 0 Å². The van der Waals surface area contributed by atoms with Crippen LogP contribution in [-0.2, 0) is 11.3 Å². The third-order valence-electron chi connectivity index (χ3n) is 7.61. The number of ether oxygens (including phenoxy) is 1. The Bertz CT molecular complexity index is 1230. The summed E-state index contributed by atoms with van der Waals surface area (Å²) < 4.78 is 37.9. The molecule has 41 heavy (non-hydrogen) atoms. The zero-order valence-electron chi connectivity index (χ0n) is 23.5. The number of halogens is 3. The number of benzene rings is 3. The summed E-state index contributed by atoms with van der Waals surface area (Å²) in [6, 6.07) is 24.1. The molecule has 2 saturated heterocycles. The first kappa shape index (κ1) is 30.7. The average Bonchev–Trinajstić information content (AvgIpc) is 3.25. The van der Waals surface area contributed by atoms with Gasteiger partial charge in [0.2, 0.25) is 0 Å². The number of alkyl halides is 3. The molecule has 1 N–H and O–H groups in total. The van der Waals surface area contributed by atoms with Gasteiger partial charge in [-0.1, -0.05) is 61.4 Å². The Kier molecular flexibility index (Phi) is 11.3. The number of fused-ring (bicyclic) bond motifs is 1. The van der Waals surface area contributed by atoms with Crippen molar-refractivity contribution in [3.05, 3.63) is 72.3 Å². The van der Waals surface area contributed by atoms with Gasteiger partial charge in [-0.05, 0) is 61.5 Å². The first-order valence-electron chi connectivity index (χ1n) is 14.5. The highest BCUT2D eigenvalue weighted by atomic mass is 19.4. The van der Waals surface area contributed by atoms with Crippen molar-refractivity contribution >= 4 is 22.4 Å². The molecule has 0 bridgehead atoms. The van der Waals surface area contributed by atoms with E-state index in [2.05, 4.69) is 81.4 Å². The van der Waals surface area contributed by atoms with Crippen LogP contribution in [-0.4, -0.2) is 79.5 Å². The molecule has 3 aromatic carbocycles. The summed E-state index contributed by atoms with van der Waals surface area (Å²) in [5.41, 5.74) is 2.72. The molecule has 0 radical (unpaired) electrons. The van der Waals surface area contributed by atoms with Crippen molar-refractivity contribution < 1.29 is 27.8 Å². The minimum Gasteiger partial charge on any atom is -0.494 e. The van der Waals surface area contributed by atoms with Gasteiger partial charge in [-0.25, -0.2) is 4.79 Å². The molecule has 0 unspecified atom stereocenters. The van der Waals surface area contributed by atoms with Crippen LogP contribution in [0.1, 0.15) is 37.7 Å². The normalized spacial score (nSPS) is 17.0. The number of piperazine rings is 1. The second kappa shape index (κ2) is 15.1. The third kappa shape index (κ3) is 9.64. The standard InChI is InChI=1S/C30H39N3O.C2HF3O2/c1-2-6-17-31(16-5-1)18-9-23-34-28-13-7-10-26(24-28)25-32-19-21-33(22-20-32)30-15-8-12-27-11-3-4-14-29(27)30;3-2(4,5)1(6)7/h3-4,7-8,10-15,24H,1-2,5-6,9,16-23,25H2;(H,6,7). The number of carbonyl (C=O) groups is 1. The van der Waals surface area contributed by atoms with Gasteiger partial charge in [0.15, 0.2) is 0 Å². The molecular weight excluding hydrogens is 531 g/mol. The maximum Gasteiger partial charge on any atom is 0.490 e. The van der Waals surface area contributed by atoms with Crippen molar-refractivity contribution in [2.75, 3.05) is 57.3 Å². The van der Waals surface area contributed by atoms with E-state index in [0.29, 0.717) is 0 Å². The Morgan fingerprint density at radius 3 is 2.17 bits per heavy atom. The van der Waals surface area contributed by atoms with Gasteiger partial charge in [0.05, 0.1) is 6.61 Å². The molecule has 6 nitrogen and oxygen atoms in total. The Morgan fingerprint density at radius 1 is 0.805 bits per heavy atom. The lowest BCUT2D eigenvalue weighted by Gasteiger charge is -2.36. The number of carboxylic acids is 1. The van der Waals surface area contributed by atoms with E-state index >= 15 is 0 Å². The predicted octanol–water partition coefficient (Wildman–Crippen LogP) is 6.44. The zero-order valence-corrected chi connectivity index (χ0v) is 23.5. The first-order valence-corrected chi connectivity index (χ1v) is 14.5. The number of aliphatic carboxylic acids is 1. The molecule has 5 rings (SSSR count). The average molecular weight is 572 g/mol. The highest BCUT2D eigenvalue weighted by Gasteiger charge is 2.38. The van der Waals surface area contributed by atoms with Gasteiger partial charge in [0.25, 0.3) is 0 Å². The Morgan fingerprint density at radius 2 is 1.46 bits per heavy atom. The molecule has 0 atom stereocenters. The van der Waals surface area contributed by atoms with Crippen LogP contribution in [0.25, 0.3) is 10.8 Å². The van der Waals surface area contributed by atoms with Gasteiger partial charge in [-0.2, -0.15) is 13.2 Å². The maximum atomic E-state index is 10.6. The lowest BCUT2D eigenvalue weighted by atomic mass is 10.1. The van der Waals surface area contributed by atoms with E-state index in [1.165, 1.54) is 67.3 Å². The van der Waals surface area contributed by atoms with Gasteiger partial charge >= 0.3 is 12.1 Å². The van der Waals surface area contributed by atoms with Crippen LogP contribution < -0.4 is 9.64 Å². The summed E-state index contributed by atoms with van der Waals surface area (Å²) in [5, 5.41) is 9.81.